The summed E-state index contributed by atoms with van der Waals surface area (Å²) in [5.74, 6) is -3.18. The number of halogens is 1. The fourth-order valence-electron chi connectivity index (χ4n) is 6.70. The molecule has 13 nitrogen and oxygen atoms in total. The predicted octanol–water partition coefficient (Wildman–Crippen LogP) is 4.33. The number of likely N-dealkylation sites (N-methyl/N-ethyl adjacent to an activating group) is 1. The van der Waals surface area contributed by atoms with E-state index in [-0.39, 0.29) is 28.7 Å². The van der Waals surface area contributed by atoms with Crippen molar-refractivity contribution in [2.75, 3.05) is 71.5 Å². The van der Waals surface area contributed by atoms with Crippen molar-refractivity contribution in [3.63, 3.8) is 0 Å². The van der Waals surface area contributed by atoms with Gasteiger partial charge in [0.15, 0.2) is 0 Å². The standard InChI is InChI=1S/C33H51FN6O3.C2H2O4/c1-8-40(25(4)5)32(41)27-20-26(34)11-12-30(27)43-31-29(13-15-35-36-31)38-17-14-33(21-38)22-39(23-33)28(24(2)3)10-9-16-37(6)18-19-42-7;3-1(4)2(5)6/h11-13,15,20,24-25,28H,8-10,14,16-19,21-23H2,1-7H3;(H,3,4)(H,5,6)/t28-;/m0./s1. The van der Waals surface area contributed by atoms with Gasteiger partial charge in [0.2, 0.25) is 0 Å². The van der Waals surface area contributed by atoms with Gasteiger partial charge < -0.3 is 34.4 Å². The first-order valence-electron chi connectivity index (χ1n) is 16.9. The topological polar surface area (TPSA) is 149 Å². The Labute approximate surface area is 289 Å². The quantitative estimate of drug-likeness (QED) is 0.257. The van der Waals surface area contributed by atoms with Crippen LogP contribution in [0.2, 0.25) is 0 Å². The zero-order valence-corrected chi connectivity index (χ0v) is 29.9. The average Bonchev–Trinajstić information content (AvgIpc) is 3.48. The summed E-state index contributed by atoms with van der Waals surface area (Å²) >= 11 is 0. The van der Waals surface area contributed by atoms with E-state index >= 15 is 0 Å². The van der Waals surface area contributed by atoms with Crippen LogP contribution in [0.5, 0.6) is 11.6 Å². The molecule has 1 aromatic carbocycles. The van der Waals surface area contributed by atoms with Crippen molar-refractivity contribution < 1.29 is 38.5 Å². The molecule has 14 heteroatoms. The fraction of sp³-hybridized carbons (Fsp3) is 0.629. The SMILES string of the molecule is CCN(C(=O)c1cc(F)ccc1Oc1nnccc1N1CCC2(C1)CN([C@@H](CCCN(C)CCOC)C(C)C)C2)C(C)C.O=C(O)C(=O)O. The predicted molar refractivity (Wildman–Crippen MR) is 184 cm³/mol. The Hall–Kier alpha value is -3.88. The maximum Gasteiger partial charge on any atom is 0.414 e. The molecule has 2 saturated heterocycles. The highest BCUT2D eigenvalue weighted by Crippen LogP contribution is 2.45. The number of hydrogen-bond donors (Lipinski definition) is 2. The van der Waals surface area contributed by atoms with Crippen LogP contribution in [0, 0.1) is 17.2 Å². The van der Waals surface area contributed by atoms with Gasteiger partial charge in [-0.15, -0.1) is 5.10 Å². The summed E-state index contributed by atoms with van der Waals surface area (Å²) in [5.41, 5.74) is 1.28. The Morgan fingerprint density at radius 3 is 2.35 bits per heavy atom. The number of carboxylic acids is 2. The van der Waals surface area contributed by atoms with Crippen molar-refractivity contribution in [1.29, 1.82) is 0 Å². The lowest BCUT2D eigenvalue weighted by Crippen LogP contribution is -2.62. The van der Waals surface area contributed by atoms with Crippen molar-refractivity contribution in [2.45, 2.75) is 66.0 Å². The largest absolute Gasteiger partial charge is 0.473 e. The number of rotatable bonds is 15. The summed E-state index contributed by atoms with van der Waals surface area (Å²) in [6.45, 7) is 17.8. The minimum absolute atomic E-state index is 0.0268. The summed E-state index contributed by atoms with van der Waals surface area (Å²) in [5, 5.41) is 23.2. The van der Waals surface area contributed by atoms with Crippen LogP contribution >= 0.6 is 0 Å². The number of ether oxygens (including phenoxy) is 2. The minimum Gasteiger partial charge on any atom is -0.473 e. The molecule has 2 aliphatic heterocycles. The molecule has 2 aliphatic rings. The van der Waals surface area contributed by atoms with Crippen molar-refractivity contribution in [2.24, 2.45) is 11.3 Å². The molecule has 3 heterocycles. The van der Waals surface area contributed by atoms with Crippen molar-refractivity contribution >= 4 is 23.5 Å². The summed E-state index contributed by atoms with van der Waals surface area (Å²) in [6.07, 6.45) is 5.16. The molecular formula is C35H53FN6O7. The number of hydrogen-bond acceptors (Lipinski definition) is 10. The Kier molecular flexibility index (Phi) is 14.7. The summed E-state index contributed by atoms with van der Waals surface area (Å²) in [7, 11) is 3.92. The summed E-state index contributed by atoms with van der Waals surface area (Å²) in [4.78, 5) is 40.6. The molecule has 2 aromatic rings. The van der Waals surface area contributed by atoms with Gasteiger partial charge in [-0.25, -0.2) is 14.0 Å². The molecule has 49 heavy (non-hydrogen) atoms. The van der Waals surface area contributed by atoms with E-state index < -0.39 is 17.8 Å². The molecule has 0 unspecified atom stereocenters. The van der Waals surface area contributed by atoms with Gasteiger partial charge in [0.25, 0.3) is 11.8 Å². The summed E-state index contributed by atoms with van der Waals surface area (Å²) < 4.78 is 25.8. The summed E-state index contributed by atoms with van der Waals surface area (Å²) in [6, 6.07) is 6.54. The first kappa shape index (κ1) is 39.6. The van der Waals surface area contributed by atoms with Gasteiger partial charge in [0.05, 0.1) is 18.4 Å². The van der Waals surface area contributed by atoms with Gasteiger partial charge in [-0.3, -0.25) is 9.69 Å². The van der Waals surface area contributed by atoms with Gasteiger partial charge >= 0.3 is 11.9 Å². The number of amides is 1. The Balaban J connectivity index is 0.000000992. The molecule has 0 aliphatic carbocycles. The molecular weight excluding hydrogens is 635 g/mol. The number of methoxy groups -OCH3 is 1. The number of benzene rings is 1. The van der Waals surface area contributed by atoms with Crippen molar-refractivity contribution in [3.05, 3.63) is 41.8 Å². The van der Waals surface area contributed by atoms with Crippen molar-refractivity contribution in [1.82, 2.24) is 24.9 Å². The van der Waals surface area contributed by atoms with E-state index in [1.807, 2.05) is 26.8 Å². The number of anilines is 1. The molecule has 2 N–H and O–H groups in total. The van der Waals surface area contributed by atoms with Crippen LogP contribution in [0.15, 0.2) is 30.5 Å². The van der Waals surface area contributed by atoms with E-state index in [0.717, 1.165) is 58.0 Å². The monoisotopic (exact) mass is 688 g/mol. The number of carbonyl (C=O) groups excluding carboxylic acids is 1. The number of likely N-dealkylation sites (tertiary alicyclic amines) is 1. The Bertz CT molecular complexity index is 1390. The first-order chi connectivity index (χ1) is 23.2. The number of carbonyl (C=O) groups is 3. The van der Waals surface area contributed by atoms with Gasteiger partial charge in [0, 0.05) is 63.9 Å². The van der Waals surface area contributed by atoms with Crippen LogP contribution in [0.1, 0.15) is 64.2 Å². The highest BCUT2D eigenvalue weighted by Gasteiger charge is 2.50. The Morgan fingerprint density at radius 1 is 1.06 bits per heavy atom. The van der Waals surface area contributed by atoms with Gasteiger partial charge in [-0.05, 0) is 83.8 Å². The van der Waals surface area contributed by atoms with Crippen LogP contribution in [0.25, 0.3) is 0 Å². The van der Waals surface area contributed by atoms with Crippen molar-refractivity contribution in [3.8, 4) is 11.6 Å². The lowest BCUT2D eigenvalue weighted by molar-refractivity contribution is -0.159. The van der Waals surface area contributed by atoms with Gasteiger partial charge in [-0.2, -0.15) is 5.10 Å². The smallest absolute Gasteiger partial charge is 0.414 e. The number of carboxylic acid groups (broad SMARTS) is 2. The second kappa shape index (κ2) is 18.2. The molecule has 0 saturated carbocycles. The van der Waals surface area contributed by atoms with E-state index in [2.05, 4.69) is 45.8 Å². The highest BCUT2D eigenvalue weighted by atomic mass is 19.1. The van der Waals surface area contributed by atoms with Crippen LogP contribution < -0.4 is 9.64 Å². The van der Waals surface area contributed by atoms with E-state index in [9.17, 15) is 9.18 Å². The third-order valence-corrected chi connectivity index (χ3v) is 9.26. The van der Waals surface area contributed by atoms with Crippen LogP contribution in [-0.4, -0.2) is 132 Å². The van der Waals surface area contributed by atoms with Gasteiger partial charge in [0.1, 0.15) is 17.3 Å². The van der Waals surface area contributed by atoms with Crippen LogP contribution in [0.3, 0.4) is 0 Å². The third kappa shape index (κ3) is 10.8. The zero-order valence-electron chi connectivity index (χ0n) is 29.9. The van der Waals surface area contributed by atoms with Crippen LogP contribution in [-0.2, 0) is 14.3 Å². The molecule has 1 aromatic heterocycles. The average molecular weight is 689 g/mol. The first-order valence-corrected chi connectivity index (χ1v) is 16.9. The highest BCUT2D eigenvalue weighted by molar-refractivity contribution is 6.27. The Morgan fingerprint density at radius 2 is 1.76 bits per heavy atom. The molecule has 1 amide bonds. The maximum atomic E-state index is 14.3. The molecule has 2 fully saturated rings. The zero-order chi connectivity index (χ0) is 36.3. The second-order valence-corrected chi connectivity index (χ2v) is 13.6. The lowest BCUT2D eigenvalue weighted by Gasteiger charge is -2.53. The van der Waals surface area contributed by atoms with Crippen LogP contribution in [0.4, 0.5) is 10.1 Å². The number of aliphatic carboxylic acids is 2. The maximum absolute atomic E-state index is 14.3. The molecule has 272 valence electrons. The molecule has 0 radical (unpaired) electrons. The third-order valence-electron chi connectivity index (χ3n) is 9.26. The van der Waals surface area contributed by atoms with E-state index in [0.29, 0.717) is 24.4 Å². The molecule has 4 rings (SSSR count). The molecule has 0 bridgehead atoms. The molecule has 1 atom stereocenters. The second-order valence-electron chi connectivity index (χ2n) is 13.6. The van der Waals surface area contributed by atoms with E-state index in [4.69, 9.17) is 29.3 Å². The normalized spacial score (nSPS) is 16.0. The van der Waals surface area contributed by atoms with Gasteiger partial charge in [-0.1, -0.05) is 13.8 Å². The minimum atomic E-state index is -1.82. The number of aromatic nitrogens is 2. The number of nitrogens with zero attached hydrogens (tertiary/aromatic N) is 6. The lowest BCUT2D eigenvalue weighted by atomic mass is 9.76. The van der Waals surface area contributed by atoms with E-state index in [1.165, 1.54) is 31.0 Å². The fourth-order valence-corrected chi connectivity index (χ4v) is 6.70. The molecule has 1 spiro atoms. The van der Waals surface area contributed by atoms with E-state index in [1.54, 1.807) is 18.2 Å².